The first-order valence-corrected chi connectivity index (χ1v) is 10.7. The van der Waals surface area contributed by atoms with E-state index in [1.54, 1.807) is 6.20 Å². The third kappa shape index (κ3) is 4.46. The molecule has 1 aliphatic rings. The van der Waals surface area contributed by atoms with Crippen LogP contribution in [-0.2, 0) is 0 Å². The summed E-state index contributed by atoms with van der Waals surface area (Å²) in [5.74, 6) is 0.558. The van der Waals surface area contributed by atoms with Gasteiger partial charge in [0.2, 0.25) is 0 Å². The third-order valence-electron chi connectivity index (χ3n) is 5.56. The number of rotatable bonds is 6. The molecule has 0 aliphatic carbocycles. The SMILES string of the molecule is O=C(Nc1ccc(Nc2cc(N3CCCC3)cnn2)cc1)c1ccc(-n2cccc2)cc1. The molecule has 0 atom stereocenters. The van der Waals surface area contributed by atoms with Gasteiger partial charge in [0, 0.05) is 54.2 Å². The molecule has 7 nitrogen and oxygen atoms in total. The van der Waals surface area contributed by atoms with Gasteiger partial charge in [0.25, 0.3) is 5.91 Å². The van der Waals surface area contributed by atoms with Crippen LogP contribution in [0, 0.1) is 0 Å². The van der Waals surface area contributed by atoms with Gasteiger partial charge in [0.15, 0.2) is 5.82 Å². The van der Waals surface area contributed by atoms with Crippen molar-refractivity contribution in [2.45, 2.75) is 12.8 Å². The van der Waals surface area contributed by atoms with Crippen LogP contribution in [0.2, 0.25) is 0 Å². The van der Waals surface area contributed by atoms with E-state index in [-0.39, 0.29) is 5.91 Å². The fourth-order valence-corrected chi connectivity index (χ4v) is 3.85. The van der Waals surface area contributed by atoms with E-state index in [0.717, 1.165) is 35.8 Å². The van der Waals surface area contributed by atoms with Crippen LogP contribution in [0.15, 0.2) is 85.3 Å². The Hall–Kier alpha value is -4.13. The fraction of sp³-hybridized carbons (Fsp3) is 0.160. The number of hydrogen-bond acceptors (Lipinski definition) is 5. The standard InChI is InChI=1S/C25H24N6O/c32-25(19-5-11-22(12-6-19)30-13-1-2-14-30)28-21-9-7-20(8-10-21)27-24-17-23(18-26-29-24)31-15-3-4-16-31/h1-2,5-14,17-18H,3-4,15-16H2,(H,27,29)(H,28,32). The van der Waals surface area contributed by atoms with E-state index >= 15 is 0 Å². The van der Waals surface area contributed by atoms with Crippen LogP contribution >= 0.6 is 0 Å². The molecule has 7 heteroatoms. The molecule has 0 radical (unpaired) electrons. The first kappa shape index (κ1) is 19.8. The van der Waals surface area contributed by atoms with Crippen molar-refractivity contribution in [3.8, 4) is 5.69 Å². The van der Waals surface area contributed by atoms with Gasteiger partial charge >= 0.3 is 0 Å². The number of aromatic nitrogens is 3. The summed E-state index contributed by atoms with van der Waals surface area (Å²) < 4.78 is 2.00. The lowest BCUT2D eigenvalue weighted by molar-refractivity contribution is 0.102. The molecule has 4 aromatic rings. The van der Waals surface area contributed by atoms with Crippen molar-refractivity contribution in [1.29, 1.82) is 0 Å². The molecule has 0 bridgehead atoms. The maximum absolute atomic E-state index is 12.6. The van der Waals surface area contributed by atoms with Crippen molar-refractivity contribution in [2.75, 3.05) is 28.6 Å². The number of carbonyl (C=O) groups is 1. The summed E-state index contributed by atoms with van der Waals surface area (Å²) in [6.07, 6.45) is 8.18. The van der Waals surface area contributed by atoms with Crippen molar-refractivity contribution < 1.29 is 4.79 Å². The highest BCUT2D eigenvalue weighted by Gasteiger charge is 2.13. The van der Waals surface area contributed by atoms with Crippen LogP contribution in [0.1, 0.15) is 23.2 Å². The van der Waals surface area contributed by atoms with Crippen LogP contribution in [-0.4, -0.2) is 33.8 Å². The Labute approximate surface area is 186 Å². The van der Waals surface area contributed by atoms with Gasteiger partial charge in [-0.3, -0.25) is 4.79 Å². The lowest BCUT2D eigenvalue weighted by atomic mass is 10.2. The smallest absolute Gasteiger partial charge is 0.255 e. The predicted molar refractivity (Wildman–Crippen MR) is 127 cm³/mol. The molecule has 160 valence electrons. The summed E-state index contributed by atoms with van der Waals surface area (Å²) in [4.78, 5) is 14.9. The molecule has 2 aromatic heterocycles. The largest absolute Gasteiger partial charge is 0.370 e. The van der Waals surface area contributed by atoms with E-state index in [1.807, 2.05) is 83.7 Å². The Morgan fingerprint density at radius 1 is 0.844 bits per heavy atom. The average molecular weight is 425 g/mol. The summed E-state index contributed by atoms with van der Waals surface area (Å²) in [7, 11) is 0. The van der Waals surface area contributed by atoms with Crippen LogP contribution in [0.4, 0.5) is 22.9 Å². The Bertz CT molecular complexity index is 1180. The molecule has 32 heavy (non-hydrogen) atoms. The van der Waals surface area contributed by atoms with Gasteiger partial charge in [-0.2, -0.15) is 5.10 Å². The van der Waals surface area contributed by atoms with Gasteiger partial charge in [-0.1, -0.05) is 0 Å². The van der Waals surface area contributed by atoms with Crippen molar-refractivity contribution in [2.24, 2.45) is 0 Å². The summed E-state index contributed by atoms with van der Waals surface area (Å²) in [6, 6.07) is 21.0. The first-order valence-electron chi connectivity index (χ1n) is 10.7. The Kier molecular flexibility index (Phi) is 5.53. The van der Waals surface area contributed by atoms with Crippen molar-refractivity contribution >= 4 is 28.8 Å². The topological polar surface area (TPSA) is 75.1 Å². The predicted octanol–water partition coefficient (Wildman–Crippen LogP) is 4.86. The zero-order chi connectivity index (χ0) is 21.8. The normalized spacial score (nSPS) is 13.2. The van der Waals surface area contributed by atoms with Crippen LogP contribution in [0.5, 0.6) is 0 Å². The number of benzene rings is 2. The zero-order valence-electron chi connectivity index (χ0n) is 17.6. The molecule has 0 saturated carbocycles. The second-order valence-corrected chi connectivity index (χ2v) is 7.79. The average Bonchev–Trinajstić information content (AvgIpc) is 3.55. The van der Waals surface area contributed by atoms with E-state index < -0.39 is 0 Å². The number of nitrogens with one attached hydrogen (secondary N) is 2. The molecular formula is C25H24N6O. The second-order valence-electron chi connectivity index (χ2n) is 7.79. The maximum atomic E-state index is 12.6. The molecule has 1 fully saturated rings. The minimum atomic E-state index is -0.144. The van der Waals surface area contributed by atoms with Gasteiger partial charge in [0.05, 0.1) is 11.9 Å². The summed E-state index contributed by atoms with van der Waals surface area (Å²) in [5, 5.41) is 14.5. The molecule has 1 saturated heterocycles. The van der Waals surface area contributed by atoms with Crippen molar-refractivity contribution in [1.82, 2.24) is 14.8 Å². The van der Waals surface area contributed by atoms with Crippen LogP contribution in [0.25, 0.3) is 5.69 Å². The summed E-state index contributed by atoms with van der Waals surface area (Å²) >= 11 is 0. The maximum Gasteiger partial charge on any atom is 0.255 e. The van der Waals surface area contributed by atoms with E-state index in [4.69, 9.17) is 0 Å². The number of amides is 1. The molecule has 0 unspecified atom stereocenters. The molecule has 0 spiro atoms. The van der Waals surface area contributed by atoms with Crippen LogP contribution < -0.4 is 15.5 Å². The highest BCUT2D eigenvalue weighted by Crippen LogP contribution is 2.23. The van der Waals surface area contributed by atoms with Crippen molar-refractivity contribution in [3.05, 3.63) is 90.9 Å². The Balaban J connectivity index is 1.21. The number of anilines is 4. The monoisotopic (exact) mass is 424 g/mol. The quantitative estimate of drug-likeness (QED) is 0.462. The Morgan fingerprint density at radius 2 is 1.53 bits per heavy atom. The number of carbonyl (C=O) groups excluding carboxylic acids is 1. The van der Waals surface area contributed by atoms with E-state index in [2.05, 4.69) is 25.7 Å². The molecule has 2 aromatic carbocycles. The van der Waals surface area contributed by atoms with E-state index in [0.29, 0.717) is 11.4 Å². The van der Waals surface area contributed by atoms with Gasteiger partial charge in [-0.25, -0.2) is 0 Å². The highest BCUT2D eigenvalue weighted by atomic mass is 16.1. The van der Waals surface area contributed by atoms with E-state index in [9.17, 15) is 4.79 Å². The zero-order valence-corrected chi connectivity index (χ0v) is 17.6. The van der Waals surface area contributed by atoms with Gasteiger partial charge in [-0.05, 0) is 73.5 Å². The molecule has 5 rings (SSSR count). The minimum Gasteiger partial charge on any atom is -0.370 e. The third-order valence-corrected chi connectivity index (χ3v) is 5.56. The Morgan fingerprint density at radius 3 is 2.25 bits per heavy atom. The summed E-state index contributed by atoms with van der Waals surface area (Å²) in [5.41, 5.74) is 4.32. The first-order chi connectivity index (χ1) is 15.7. The van der Waals surface area contributed by atoms with Crippen molar-refractivity contribution in [3.63, 3.8) is 0 Å². The minimum absolute atomic E-state index is 0.144. The second kappa shape index (κ2) is 8.93. The fourth-order valence-electron chi connectivity index (χ4n) is 3.85. The number of hydrogen-bond donors (Lipinski definition) is 2. The van der Waals surface area contributed by atoms with Crippen LogP contribution in [0.3, 0.4) is 0 Å². The highest BCUT2D eigenvalue weighted by molar-refractivity contribution is 6.04. The lowest BCUT2D eigenvalue weighted by Crippen LogP contribution is -2.18. The molecular weight excluding hydrogens is 400 g/mol. The molecule has 2 N–H and O–H groups in total. The number of nitrogens with zero attached hydrogens (tertiary/aromatic N) is 4. The van der Waals surface area contributed by atoms with Gasteiger partial charge < -0.3 is 20.1 Å². The molecule has 1 aliphatic heterocycles. The molecule has 1 amide bonds. The van der Waals surface area contributed by atoms with Gasteiger partial charge in [0.1, 0.15) is 0 Å². The summed E-state index contributed by atoms with van der Waals surface area (Å²) in [6.45, 7) is 2.13. The molecule has 3 heterocycles. The van der Waals surface area contributed by atoms with Gasteiger partial charge in [-0.15, -0.1) is 5.10 Å². The lowest BCUT2D eigenvalue weighted by Gasteiger charge is -2.17. The van der Waals surface area contributed by atoms with E-state index in [1.165, 1.54) is 12.8 Å².